The molecule has 0 aliphatic heterocycles. The molecule has 18 heavy (non-hydrogen) atoms. The van der Waals surface area contributed by atoms with Crippen molar-refractivity contribution in [2.24, 2.45) is 5.92 Å². The molecule has 1 saturated carbocycles. The Balaban J connectivity index is 1.86. The van der Waals surface area contributed by atoms with E-state index in [0.29, 0.717) is 0 Å². The lowest BCUT2D eigenvalue weighted by Crippen LogP contribution is -2.32. The maximum Gasteiger partial charge on any atom is 0.00984 e. The molecule has 0 amide bonds. The van der Waals surface area contributed by atoms with Gasteiger partial charge in [-0.15, -0.1) is 0 Å². The summed E-state index contributed by atoms with van der Waals surface area (Å²) in [6.45, 7) is 7.83. The predicted octanol–water partition coefficient (Wildman–Crippen LogP) is 4.01. The molecule has 1 aromatic carbocycles. The number of aryl methyl sites for hydroxylation is 3. The molecule has 100 valence electrons. The maximum absolute atomic E-state index is 3.73. The van der Waals surface area contributed by atoms with Crippen LogP contribution in [0, 0.1) is 19.8 Å². The van der Waals surface area contributed by atoms with Crippen LogP contribution in [-0.4, -0.2) is 12.6 Å². The standard InChI is InChI=1S/C17H27N/c1-4-11-18-17(16-8-9-16)10-7-15-6-5-13(2)14(3)12-15/h5-6,12,16-18H,4,7-11H2,1-3H3. The number of rotatable bonds is 7. The molecular formula is C17H27N. The molecule has 0 heterocycles. The highest BCUT2D eigenvalue weighted by molar-refractivity contribution is 5.30. The SMILES string of the molecule is CCCNC(CCc1ccc(C)c(C)c1)C1CC1. The summed E-state index contributed by atoms with van der Waals surface area (Å²) in [6.07, 6.45) is 6.64. The molecule has 0 aromatic heterocycles. The summed E-state index contributed by atoms with van der Waals surface area (Å²) in [6, 6.07) is 7.67. The summed E-state index contributed by atoms with van der Waals surface area (Å²) in [5.41, 5.74) is 4.33. The van der Waals surface area contributed by atoms with Crippen LogP contribution in [0.4, 0.5) is 0 Å². The van der Waals surface area contributed by atoms with Crippen molar-refractivity contribution < 1.29 is 0 Å². The third kappa shape index (κ3) is 3.84. The van der Waals surface area contributed by atoms with Crippen LogP contribution in [0.2, 0.25) is 0 Å². The number of hydrogen-bond acceptors (Lipinski definition) is 1. The average Bonchev–Trinajstić information content (AvgIpc) is 3.18. The highest BCUT2D eigenvalue weighted by atomic mass is 14.9. The lowest BCUT2D eigenvalue weighted by Gasteiger charge is -2.18. The molecule has 2 rings (SSSR count). The van der Waals surface area contributed by atoms with Gasteiger partial charge in [0.1, 0.15) is 0 Å². The quantitative estimate of drug-likeness (QED) is 0.765. The van der Waals surface area contributed by atoms with Crippen LogP contribution >= 0.6 is 0 Å². The van der Waals surface area contributed by atoms with Gasteiger partial charge in [-0.05, 0) is 75.1 Å². The van der Waals surface area contributed by atoms with Gasteiger partial charge in [0.2, 0.25) is 0 Å². The summed E-state index contributed by atoms with van der Waals surface area (Å²) in [5, 5.41) is 3.73. The minimum Gasteiger partial charge on any atom is -0.314 e. The van der Waals surface area contributed by atoms with Crippen molar-refractivity contribution in [3.8, 4) is 0 Å². The van der Waals surface area contributed by atoms with Gasteiger partial charge in [0.05, 0.1) is 0 Å². The van der Waals surface area contributed by atoms with Gasteiger partial charge in [0, 0.05) is 6.04 Å². The van der Waals surface area contributed by atoms with Crippen LogP contribution in [0.1, 0.15) is 49.3 Å². The van der Waals surface area contributed by atoms with Crippen molar-refractivity contribution in [3.05, 3.63) is 34.9 Å². The molecule has 1 unspecified atom stereocenters. The Labute approximate surface area is 112 Å². The molecule has 0 saturated heterocycles. The van der Waals surface area contributed by atoms with E-state index in [-0.39, 0.29) is 0 Å². The fraction of sp³-hybridized carbons (Fsp3) is 0.647. The Morgan fingerprint density at radius 3 is 2.61 bits per heavy atom. The van der Waals surface area contributed by atoms with E-state index in [1.54, 1.807) is 0 Å². The van der Waals surface area contributed by atoms with Gasteiger partial charge in [-0.25, -0.2) is 0 Å². The average molecular weight is 245 g/mol. The number of hydrogen-bond donors (Lipinski definition) is 1. The van der Waals surface area contributed by atoms with Gasteiger partial charge >= 0.3 is 0 Å². The van der Waals surface area contributed by atoms with Gasteiger partial charge in [0.25, 0.3) is 0 Å². The van der Waals surface area contributed by atoms with Crippen LogP contribution in [0.25, 0.3) is 0 Å². The fourth-order valence-electron chi connectivity index (χ4n) is 2.61. The third-order valence-electron chi connectivity index (χ3n) is 4.16. The highest BCUT2D eigenvalue weighted by Crippen LogP contribution is 2.34. The van der Waals surface area contributed by atoms with Crippen molar-refractivity contribution in [1.82, 2.24) is 5.32 Å². The van der Waals surface area contributed by atoms with E-state index in [2.05, 4.69) is 44.3 Å². The molecule has 0 bridgehead atoms. The van der Waals surface area contributed by atoms with E-state index < -0.39 is 0 Å². The van der Waals surface area contributed by atoms with E-state index in [1.165, 1.54) is 55.3 Å². The van der Waals surface area contributed by atoms with E-state index in [0.717, 1.165) is 12.0 Å². The molecule has 1 aromatic rings. The zero-order valence-electron chi connectivity index (χ0n) is 12.1. The summed E-state index contributed by atoms with van der Waals surface area (Å²) in [7, 11) is 0. The van der Waals surface area contributed by atoms with Gasteiger partial charge in [0.15, 0.2) is 0 Å². The predicted molar refractivity (Wildman–Crippen MR) is 79.0 cm³/mol. The minimum atomic E-state index is 0.756. The van der Waals surface area contributed by atoms with Gasteiger partial charge < -0.3 is 5.32 Å². The van der Waals surface area contributed by atoms with E-state index >= 15 is 0 Å². The number of benzene rings is 1. The van der Waals surface area contributed by atoms with E-state index in [4.69, 9.17) is 0 Å². The normalized spacial score (nSPS) is 16.8. The van der Waals surface area contributed by atoms with Crippen LogP contribution in [0.15, 0.2) is 18.2 Å². The monoisotopic (exact) mass is 245 g/mol. The van der Waals surface area contributed by atoms with Crippen LogP contribution in [-0.2, 0) is 6.42 Å². The maximum atomic E-state index is 3.73. The molecule has 1 aliphatic rings. The molecule has 0 radical (unpaired) electrons. The Morgan fingerprint density at radius 2 is 2.00 bits per heavy atom. The molecule has 1 nitrogen and oxygen atoms in total. The lowest BCUT2D eigenvalue weighted by molar-refractivity contribution is 0.436. The summed E-state index contributed by atoms with van der Waals surface area (Å²) in [4.78, 5) is 0. The first-order valence-electron chi connectivity index (χ1n) is 7.50. The molecule has 0 spiro atoms. The Kier molecular flexibility index (Phi) is 4.82. The van der Waals surface area contributed by atoms with Gasteiger partial charge in [-0.3, -0.25) is 0 Å². The zero-order valence-corrected chi connectivity index (χ0v) is 12.1. The van der Waals surface area contributed by atoms with Crippen molar-refractivity contribution in [1.29, 1.82) is 0 Å². The van der Waals surface area contributed by atoms with Crippen molar-refractivity contribution in [2.75, 3.05) is 6.54 Å². The Hall–Kier alpha value is -0.820. The molecule has 1 aliphatic carbocycles. The highest BCUT2D eigenvalue weighted by Gasteiger charge is 2.30. The number of nitrogens with one attached hydrogen (secondary N) is 1. The smallest absolute Gasteiger partial charge is 0.00984 e. The Morgan fingerprint density at radius 1 is 1.22 bits per heavy atom. The van der Waals surface area contributed by atoms with Crippen LogP contribution in [0.3, 0.4) is 0 Å². The van der Waals surface area contributed by atoms with Crippen molar-refractivity contribution in [2.45, 2.75) is 58.9 Å². The fourth-order valence-corrected chi connectivity index (χ4v) is 2.61. The van der Waals surface area contributed by atoms with E-state index in [9.17, 15) is 0 Å². The molecule has 1 fully saturated rings. The third-order valence-corrected chi connectivity index (χ3v) is 4.16. The lowest BCUT2D eigenvalue weighted by atomic mass is 9.99. The molecule has 1 heteroatoms. The second-order valence-electron chi connectivity index (χ2n) is 5.86. The largest absolute Gasteiger partial charge is 0.314 e. The molecule has 1 atom stereocenters. The first kappa shape index (κ1) is 13.6. The second kappa shape index (κ2) is 6.38. The molecular weight excluding hydrogens is 218 g/mol. The van der Waals surface area contributed by atoms with Crippen molar-refractivity contribution >= 4 is 0 Å². The van der Waals surface area contributed by atoms with Crippen molar-refractivity contribution in [3.63, 3.8) is 0 Å². The summed E-state index contributed by atoms with van der Waals surface area (Å²) < 4.78 is 0. The van der Waals surface area contributed by atoms with Gasteiger partial charge in [-0.2, -0.15) is 0 Å². The second-order valence-corrected chi connectivity index (χ2v) is 5.86. The van der Waals surface area contributed by atoms with Gasteiger partial charge in [-0.1, -0.05) is 25.1 Å². The van der Waals surface area contributed by atoms with Crippen LogP contribution in [0.5, 0.6) is 0 Å². The topological polar surface area (TPSA) is 12.0 Å². The zero-order chi connectivity index (χ0) is 13.0. The van der Waals surface area contributed by atoms with E-state index in [1.807, 2.05) is 0 Å². The molecule has 1 N–H and O–H groups in total. The summed E-state index contributed by atoms with van der Waals surface area (Å²) >= 11 is 0. The van der Waals surface area contributed by atoms with Crippen LogP contribution < -0.4 is 5.32 Å². The Bertz CT molecular complexity index is 379. The first-order chi connectivity index (χ1) is 8.70. The minimum absolute atomic E-state index is 0.756. The summed E-state index contributed by atoms with van der Waals surface area (Å²) in [5.74, 6) is 0.961. The first-order valence-corrected chi connectivity index (χ1v) is 7.50.